The number of hydrogen-bond donors (Lipinski definition) is 1. The highest BCUT2D eigenvalue weighted by Crippen LogP contribution is 2.16. The van der Waals surface area contributed by atoms with E-state index in [1.54, 1.807) is 0 Å². The Kier molecular flexibility index (Phi) is 2.96. The molecular weight excluding hydrogens is 164 g/mol. The van der Waals surface area contributed by atoms with Gasteiger partial charge in [-0.2, -0.15) is 0 Å². The van der Waals surface area contributed by atoms with Crippen LogP contribution in [-0.2, 0) is 4.79 Å². The van der Waals surface area contributed by atoms with E-state index in [9.17, 15) is 4.79 Å². The van der Waals surface area contributed by atoms with Gasteiger partial charge in [-0.15, -0.1) is 0 Å². The van der Waals surface area contributed by atoms with E-state index in [4.69, 9.17) is 0 Å². The first-order valence-electron chi connectivity index (χ1n) is 4.91. The van der Waals surface area contributed by atoms with E-state index in [0.29, 0.717) is 12.5 Å². The topological polar surface area (TPSA) is 32.3 Å². The van der Waals surface area contributed by atoms with Crippen LogP contribution in [0.2, 0.25) is 0 Å². The minimum atomic E-state index is 0.145. The number of carbonyl (C=O) groups is 1. The van der Waals surface area contributed by atoms with Crippen molar-refractivity contribution in [2.24, 2.45) is 0 Å². The van der Waals surface area contributed by atoms with Crippen LogP contribution >= 0.6 is 0 Å². The van der Waals surface area contributed by atoms with Gasteiger partial charge in [0, 0.05) is 31.6 Å². The smallest absolute Gasteiger partial charge is 0.222 e. The molecule has 0 aromatic carbocycles. The van der Waals surface area contributed by atoms with Crippen LogP contribution in [0.25, 0.3) is 0 Å². The van der Waals surface area contributed by atoms with E-state index in [0.717, 1.165) is 13.0 Å². The molecule has 3 nitrogen and oxygen atoms in total. The summed E-state index contributed by atoms with van der Waals surface area (Å²) in [7, 11) is 1.89. The third kappa shape index (κ3) is 2.99. The SMILES string of the molecule is CN1C(=O)CC[C@@H]1CNC(C)(C)C. The van der Waals surface area contributed by atoms with Crippen LogP contribution in [0.4, 0.5) is 0 Å². The van der Waals surface area contributed by atoms with Gasteiger partial charge in [-0.05, 0) is 27.2 Å². The van der Waals surface area contributed by atoms with E-state index < -0.39 is 0 Å². The third-order valence-electron chi connectivity index (χ3n) is 2.50. The molecule has 1 N–H and O–H groups in total. The minimum absolute atomic E-state index is 0.145. The Morgan fingerprint density at radius 2 is 2.15 bits per heavy atom. The van der Waals surface area contributed by atoms with E-state index in [1.807, 2.05) is 11.9 Å². The lowest BCUT2D eigenvalue weighted by molar-refractivity contribution is -0.127. The monoisotopic (exact) mass is 184 g/mol. The lowest BCUT2D eigenvalue weighted by atomic mass is 10.1. The molecule has 76 valence electrons. The van der Waals surface area contributed by atoms with Crippen LogP contribution in [0.1, 0.15) is 33.6 Å². The zero-order valence-corrected chi connectivity index (χ0v) is 9.05. The molecule has 0 aliphatic carbocycles. The fourth-order valence-electron chi connectivity index (χ4n) is 1.53. The summed E-state index contributed by atoms with van der Waals surface area (Å²) in [5.74, 6) is 0.278. The summed E-state index contributed by atoms with van der Waals surface area (Å²) >= 11 is 0. The van der Waals surface area contributed by atoms with E-state index >= 15 is 0 Å². The molecule has 0 aromatic rings. The molecule has 1 rings (SSSR count). The van der Waals surface area contributed by atoms with Crippen LogP contribution in [0, 0.1) is 0 Å². The van der Waals surface area contributed by atoms with Crippen molar-refractivity contribution in [3.63, 3.8) is 0 Å². The highest BCUT2D eigenvalue weighted by Gasteiger charge is 2.27. The summed E-state index contributed by atoms with van der Waals surface area (Å²) in [6.07, 6.45) is 1.71. The Balaban J connectivity index is 2.35. The lowest BCUT2D eigenvalue weighted by Gasteiger charge is -2.26. The summed E-state index contributed by atoms with van der Waals surface area (Å²) < 4.78 is 0. The molecule has 13 heavy (non-hydrogen) atoms. The molecule has 0 aromatic heterocycles. The average molecular weight is 184 g/mol. The van der Waals surface area contributed by atoms with Crippen molar-refractivity contribution in [2.75, 3.05) is 13.6 Å². The zero-order valence-electron chi connectivity index (χ0n) is 9.05. The summed E-state index contributed by atoms with van der Waals surface area (Å²) in [5, 5.41) is 3.42. The molecule has 0 unspecified atom stereocenters. The maximum atomic E-state index is 11.2. The van der Waals surface area contributed by atoms with Crippen molar-refractivity contribution < 1.29 is 4.79 Å². The first-order valence-corrected chi connectivity index (χ1v) is 4.91. The quantitative estimate of drug-likeness (QED) is 0.694. The van der Waals surface area contributed by atoms with Crippen molar-refractivity contribution in [2.45, 2.75) is 45.2 Å². The number of nitrogens with zero attached hydrogens (tertiary/aromatic N) is 1. The fraction of sp³-hybridized carbons (Fsp3) is 0.900. The summed E-state index contributed by atoms with van der Waals surface area (Å²) in [6, 6.07) is 0.395. The van der Waals surface area contributed by atoms with Crippen LogP contribution < -0.4 is 5.32 Å². The Morgan fingerprint density at radius 1 is 1.54 bits per heavy atom. The van der Waals surface area contributed by atoms with Crippen molar-refractivity contribution in [1.82, 2.24) is 10.2 Å². The second-order valence-corrected chi connectivity index (χ2v) is 4.83. The highest BCUT2D eigenvalue weighted by molar-refractivity contribution is 5.78. The van der Waals surface area contributed by atoms with Gasteiger partial charge in [-0.1, -0.05) is 0 Å². The second kappa shape index (κ2) is 3.66. The predicted molar refractivity (Wildman–Crippen MR) is 53.5 cm³/mol. The third-order valence-corrected chi connectivity index (χ3v) is 2.50. The van der Waals surface area contributed by atoms with Gasteiger partial charge in [-0.3, -0.25) is 4.79 Å². The lowest BCUT2D eigenvalue weighted by Crippen LogP contribution is -2.44. The molecule has 1 atom stereocenters. The van der Waals surface area contributed by atoms with Gasteiger partial charge in [0.15, 0.2) is 0 Å². The maximum Gasteiger partial charge on any atom is 0.222 e. The molecule has 1 aliphatic rings. The van der Waals surface area contributed by atoms with Gasteiger partial charge < -0.3 is 10.2 Å². The predicted octanol–water partition coefficient (Wildman–Crippen LogP) is 0.995. The Labute approximate surface area is 80.5 Å². The van der Waals surface area contributed by atoms with E-state index in [-0.39, 0.29) is 11.4 Å². The van der Waals surface area contributed by atoms with Crippen LogP contribution in [0.3, 0.4) is 0 Å². The number of nitrogens with one attached hydrogen (secondary N) is 1. The van der Waals surface area contributed by atoms with Gasteiger partial charge in [0.25, 0.3) is 0 Å². The fourth-order valence-corrected chi connectivity index (χ4v) is 1.53. The van der Waals surface area contributed by atoms with Crippen molar-refractivity contribution in [1.29, 1.82) is 0 Å². The molecule has 1 amide bonds. The first kappa shape index (κ1) is 10.5. The standard InChI is InChI=1S/C10H20N2O/c1-10(2,3)11-7-8-5-6-9(13)12(8)4/h8,11H,5-7H2,1-4H3/t8-/m1/s1. The number of likely N-dealkylation sites (N-methyl/N-ethyl adjacent to an activating group) is 1. The Bertz CT molecular complexity index is 196. The molecule has 0 bridgehead atoms. The zero-order chi connectivity index (χ0) is 10.1. The van der Waals surface area contributed by atoms with E-state index in [2.05, 4.69) is 26.1 Å². The Morgan fingerprint density at radius 3 is 2.54 bits per heavy atom. The molecule has 1 fully saturated rings. The van der Waals surface area contributed by atoms with Crippen molar-refractivity contribution in [3.8, 4) is 0 Å². The van der Waals surface area contributed by atoms with E-state index in [1.165, 1.54) is 0 Å². The largest absolute Gasteiger partial charge is 0.341 e. The molecule has 0 spiro atoms. The summed E-state index contributed by atoms with van der Waals surface area (Å²) in [6.45, 7) is 7.34. The van der Waals surface area contributed by atoms with Gasteiger partial charge in [0.2, 0.25) is 5.91 Å². The average Bonchev–Trinajstić information content (AvgIpc) is 2.29. The molecule has 0 radical (unpaired) electrons. The highest BCUT2D eigenvalue weighted by atomic mass is 16.2. The van der Waals surface area contributed by atoms with Crippen molar-refractivity contribution >= 4 is 5.91 Å². The van der Waals surface area contributed by atoms with Crippen LogP contribution in [0.15, 0.2) is 0 Å². The summed E-state index contributed by atoms with van der Waals surface area (Å²) in [4.78, 5) is 13.1. The van der Waals surface area contributed by atoms with Gasteiger partial charge in [-0.25, -0.2) is 0 Å². The van der Waals surface area contributed by atoms with Gasteiger partial charge in [0.1, 0.15) is 0 Å². The molecule has 0 saturated carbocycles. The number of carbonyl (C=O) groups excluding carboxylic acids is 1. The second-order valence-electron chi connectivity index (χ2n) is 4.83. The molecular formula is C10H20N2O. The van der Waals surface area contributed by atoms with Gasteiger partial charge >= 0.3 is 0 Å². The van der Waals surface area contributed by atoms with Crippen LogP contribution in [-0.4, -0.2) is 36.0 Å². The number of amides is 1. The molecule has 3 heteroatoms. The number of likely N-dealkylation sites (tertiary alicyclic amines) is 1. The van der Waals surface area contributed by atoms with Crippen LogP contribution in [0.5, 0.6) is 0 Å². The number of rotatable bonds is 2. The molecule has 1 aliphatic heterocycles. The maximum absolute atomic E-state index is 11.2. The Hall–Kier alpha value is -0.570. The normalized spacial score (nSPS) is 24.2. The molecule has 1 saturated heterocycles. The minimum Gasteiger partial charge on any atom is -0.341 e. The first-order chi connectivity index (χ1) is 5.90. The molecule has 1 heterocycles. The number of hydrogen-bond acceptors (Lipinski definition) is 2. The van der Waals surface area contributed by atoms with Gasteiger partial charge in [0.05, 0.1) is 0 Å². The summed E-state index contributed by atoms with van der Waals surface area (Å²) in [5.41, 5.74) is 0.145. The van der Waals surface area contributed by atoms with Crippen molar-refractivity contribution in [3.05, 3.63) is 0 Å².